The number of hydrogen-bond donors (Lipinski definition) is 0. The van der Waals surface area contributed by atoms with Crippen LogP contribution in [0.5, 0.6) is 23.0 Å². The number of quaternary nitrogens is 1. The molecule has 1 aliphatic rings. The Balaban J connectivity index is 0.00000370. The molecule has 210 valence electrons. The van der Waals surface area contributed by atoms with Gasteiger partial charge in [-0.1, -0.05) is 66.7 Å². The van der Waals surface area contributed by atoms with Crippen LogP contribution in [0.1, 0.15) is 33.9 Å². The number of ether oxygens (including phenoxy) is 4. The Morgan fingerprint density at radius 3 is 1.82 bits per heavy atom. The molecule has 0 aromatic heterocycles. The third kappa shape index (κ3) is 6.72. The zero-order valence-corrected chi connectivity index (χ0v) is 24.5. The van der Waals surface area contributed by atoms with Gasteiger partial charge in [-0.3, -0.25) is 0 Å². The minimum Gasteiger partial charge on any atom is -1.00 e. The topological polar surface area (TPSA) is 36.9 Å². The van der Waals surface area contributed by atoms with Crippen LogP contribution in [-0.2, 0) is 26.1 Å². The van der Waals surface area contributed by atoms with E-state index in [-0.39, 0.29) is 18.4 Å². The number of halogens is 1. The average molecular weight is 560 g/mol. The second-order valence-electron chi connectivity index (χ2n) is 10.7. The molecule has 0 aliphatic carbocycles. The van der Waals surface area contributed by atoms with Crippen LogP contribution in [0.4, 0.5) is 0 Å². The van der Waals surface area contributed by atoms with Gasteiger partial charge in [-0.2, -0.15) is 0 Å². The summed E-state index contributed by atoms with van der Waals surface area (Å²) in [5.74, 6) is 3.09. The summed E-state index contributed by atoms with van der Waals surface area (Å²) in [6.07, 6.45) is 1.88. The van der Waals surface area contributed by atoms with Gasteiger partial charge < -0.3 is 35.8 Å². The molecule has 5 rings (SSSR count). The van der Waals surface area contributed by atoms with E-state index in [0.29, 0.717) is 13.2 Å². The molecule has 1 aliphatic heterocycles. The fourth-order valence-corrected chi connectivity index (χ4v) is 5.37. The number of benzene rings is 4. The van der Waals surface area contributed by atoms with E-state index >= 15 is 0 Å². The molecular weight excluding hydrogens is 522 g/mol. The highest BCUT2D eigenvalue weighted by atomic mass is 35.5. The van der Waals surface area contributed by atoms with Crippen molar-refractivity contribution in [1.29, 1.82) is 0 Å². The second kappa shape index (κ2) is 13.1. The fraction of sp³-hybridized carbons (Fsp3) is 0.294. The summed E-state index contributed by atoms with van der Waals surface area (Å²) in [6.45, 7) is 2.06. The van der Waals surface area contributed by atoms with Gasteiger partial charge >= 0.3 is 0 Å². The van der Waals surface area contributed by atoms with Crippen LogP contribution in [0.15, 0.2) is 91.0 Å². The van der Waals surface area contributed by atoms with Gasteiger partial charge in [0.2, 0.25) is 0 Å². The van der Waals surface area contributed by atoms with Crippen molar-refractivity contribution in [2.24, 2.45) is 0 Å². The molecule has 40 heavy (non-hydrogen) atoms. The SMILES string of the molecule is COc1cc(CC2c3cc(OCc4ccccc4)c(OC)cc3CC[N+]2(C)C)ccc1OCc1ccccc1.[Cl-]. The predicted molar refractivity (Wildman–Crippen MR) is 155 cm³/mol. The Hall–Kier alpha value is -3.67. The maximum atomic E-state index is 6.29. The van der Waals surface area contributed by atoms with Gasteiger partial charge in [0.05, 0.1) is 34.9 Å². The molecule has 0 saturated heterocycles. The molecule has 5 nitrogen and oxygen atoms in total. The molecule has 0 bridgehead atoms. The van der Waals surface area contributed by atoms with Gasteiger partial charge in [-0.05, 0) is 46.5 Å². The first-order chi connectivity index (χ1) is 19.0. The molecule has 0 N–H and O–H groups in total. The molecule has 0 fully saturated rings. The first-order valence-corrected chi connectivity index (χ1v) is 13.5. The first kappa shape index (κ1) is 29.3. The highest BCUT2D eigenvalue weighted by Gasteiger charge is 2.37. The van der Waals surface area contributed by atoms with Crippen molar-refractivity contribution < 1.29 is 35.8 Å². The highest BCUT2D eigenvalue weighted by Crippen LogP contribution is 2.42. The number of nitrogens with zero attached hydrogens (tertiary/aromatic N) is 1. The monoisotopic (exact) mass is 559 g/mol. The summed E-state index contributed by atoms with van der Waals surface area (Å²) in [5.41, 5.74) is 6.12. The van der Waals surface area contributed by atoms with Crippen LogP contribution < -0.4 is 31.4 Å². The third-order valence-corrected chi connectivity index (χ3v) is 7.72. The molecule has 0 spiro atoms. The Morgan fingerprint density at radius 1 is 0.650 bits per heavy atom. The van der Waals surface area contributed by atoms with Crippen molar-refractivity contribution in [1.82, 2.24) is 0 Å². The molecule has 1 unspecified atom stereocenters. The number of hydrogen-bond acceptors (Lipinski definition) is 4. The van der Waals surface area contributed by atoms with Crippen LogP contribution in [0.2, 0.25) is 0 Å². The van der Waals surface area contributed by atoms with Gasteiger partial charge in [0.25, 0.3) is 0 Å². The highest BCUT2D eigenvalue weighted by molar-refractivity contribution is 5.50. The van der Waals surface area contributed by atoms with E-state index in [9.17, 15) is 0 Å². The summed E-state index contributed by atoms with van der Waals surface area (Å²) in [7, 11) is 8.05. The maximum absolute atomic E-state index is 6.29. The standard InChI is InChI=1S/C34H38NO4.ClH/c1-35(2)18-17-28-21-33(37-4)34(39-24-26-13-9-6-10-14-26)22-29(28)30(35)19-27-15-16-31(32(20-27)36-3)38-23-25-11-7-5-8-12-25;/h5-16,20-22,30H,17-19,23-24H2,1-4H3;1H/q+1;/p-1. The number of likely N-dealkylation sites (N-methyl/N-ethyl adjacent to an activating group) is 1. The molecule has 1 heterocycles. The van der Waals surface area contributed by atoms with Gasteiger partial charge in [-0.25, -0.2) is 0 Å². The third-order valence-electron chi connectivity index (χ3n) is 7.72. The van der Waals surface area contributed by atoms with E-state index in [1.807, 2.05) is 42.5 Å². The Morgan fingerprint density at radius 2 is 1.23 bits per heavy atom. The summed E-state index contributed by atoms with van der Waals surface area (Å²) in [6, 6.07) is 31.4. The van der Waals surface area contributed by atoms with Crippen LogP contribution >= 0.6 is 0 Å². The van der Waals surface area contributed by atoms with Crippen LogP contribution in [0.25, 0.3) is 0 Å². The first-order valence-electron chi connectivity index (χ1n) is 13.5. The number of fused-ring (bicyclic) bond motifs is 1. The van der Waals surface area contributed by atoms with Crippen LogP contribution in [0, 0.1) is 0 Å². The molecule has 0 amide bonds. The lowest BCUT2D eigenvalue weighted by Gasteiger charge is -2.43. The number of rotatable bonds is 10. The van der Waals surface area contributed by atoms with E-state index in [4.69, 9.17) is 18.9 Å². The molecule has 4 aromatic rings. The van der Waals surface area contributed by atoms with Gasteiger partial charge in [0.1, 0.15) is 19.3 Å². The normalized spacial score (nSPS) is 15.3. The molecule has 0 radical (unpaired) electrons. The molecule has 0 saturated carbocycles. The predicted octanol–water partition coefficient (Wildman–Crippen LogP) is 3.78. The van der Waals surface area contributed by atoms with Gasteiger partial charge in [0.15, 0.2) is 23.0 Å². The molecule has 4 aromatic carbocycles. The van der Waals surface area contributed by atoms with Crippen molar-refractivity contribution in [2.45, 2.75) is 32.1 Å². The van der Waals surface area contributed by atoms with Crippen molar-refractivity contribution in [3.63, 3.8) is 0 Å². The number of methoxy groups -OCH3 is 2. The van der Waals surface area contributed by atoms with E-state index in [1.54, 1.807) is 14.2 Å². The average Bonchev–Trinajstić information content (AvgIpc) is 2.97. The van der Waals surface area contributed by atoms with E-state index < -0.39 is 0 Å². The van der Waals surface area contributed by atoms with Crippen molar-refractivity contribution >= 4 is 0 Å². The van der Waals surface area contributed by atoms with E-state index in [1.165, 1.54) is 16.7 Å². The van der Waals surface area contributed by atoms with Crippen molar-refractivity contribution in [3.05, 3.63) is 119 Å². The van der Waals surface area contributed by atoms with E-state index in [0.717, 1.165) is 58.0 Å². The summed E-state index contributed by atoms with van der Waals surface area (Å²) < 4.78 is 24.8. The van der Waals surface area contributed by atoms with Crippen LogP contribution in [0.3, 0.4) is 0 Å². The summed E-state index contributed by atoms with van der Waals surface area (Å²) in [5, 5.41) is 0. The molecule has 1 atom stereocenters. The lowest BCUT2D eigenvalue weighted by Crippen LogP contribution is -3.00. The Labute approximate surface area is 244 Å². The minimum absolute atomic E-state index is 0. The Kier molecular flexibility index (Phi) is 9.62. The Bertz CT molecular complexity index is 1390. The molecular formula is C34H38ClNO4. The van der Waals surface area contributed by atoms with Gasteiger partial charge in [-0.15, -0.1) is 0 Å². The summed E-state index contributed by atoms with van der Waals surface area (Å²) >= 11 is 0. The van der Waals surface area contributed by atoms with Crippen LogP contribution in [-0.4, -0.2) is 39.3 Å². The molecule has 6 heteroatoms. The van der Waals surface area contributed by atoms with Crippen molar-refractivity contribution in [3.8, 4) is 23.0 Å². The van der Waals surface area contributed by atoms with E-state index in [2.05, 4.69) is 62.6 Å². The zero-order valence-electron chi connectivity index (χ0n) is 23.7. The smallest absolute Gasteiger partial charge is 0.162 e. The second-order valence-corrected chi connectivity index (χ2v) is 10.7. The lowest BCUT2D eigenvalue weighted by atomic mass is 9.87. The largest absolute Gasteiger partial charge is 1.00 e. The van der Waals surface area contributed by atoms with Gasteiger partial charge in [0, 0.05) is 18.4 Å². The summed E-state index contributed by atoms with van der Waals surface area (Å²) in [4.78, 5) is 0. The minimum atomic E-state index is 0. The quantitative estimate of drug-likeness (QED) is 0.277. The zero-order chi connectivity index (χ0) is 27.2. The van der Waals surface area contributed by atoms with Crippen molar-refractivity contribution in [2.75, 3.05) is 34.9 Å². The lowest BCUT2D eigenvalue weighted by molar-refractivity contribution is -0.923. The maximum Gasteiger partial charge on any atom is 0.162 e. The fourth-order valence-electron chi connectivity index (χ4n) is 5.37.